The first-order chi connectivity index (χ1) is 13.0. The summed E-state index contributed by atoms with van der Waals surface area (Å²) in [6.45, 7) is 1.98. The Kier molecular flexibility index (Phi) is 4.68. The molecule has 0 radical (unpaired) electrons. The minimum absolute atomic E-state index is 0.302. The van der Waals surface area contributed by atoms with Crippen LogP contribution in [-0.4, -0.2) is 11.8 Å². The molecule has 4 nitrogen and oxygen atoms in total. The van der Waals surface area contributed by atoms with Gasteiger partial charge in [-0.3, -0.25) is 9.59 Å². The number of hydrogen-bond donors (Lipinski definition) is 1. The lowest BCUT2D eigenvalue weighted by Gasteiger charge is -2.15. The highest BCUT2D eigenvalue weighted by atomic mass is 79.9. The third-order valence-corrected chi connectivity index (χ3v) is 5.64. The number of aryl methyl sites for hydroxylation is 1. The monoisotopic (exact) mass is 438 g/mol. The summed E-state index contributed by atoms with van der Waals surface area (Å²) in [5.41, 5.74) is 3.09. The second-order valence-electron chi connectivity index (χ2n) is 6.14. The van der Waals surface area contributed by atoms with E-state index < -0.39 is 0 Å². The van der Waals surface area contributed by atoms with Crippen molar-refractivity contribution in [2.45, 2.75) is 6.92 Å². The summed E-state index contributed by atoms with van der Waals surface area (Å²) in [5.74, 6) is -0.674. The van der Waals surface area contributed by atoms with Crippen molar-refractivity contribution in [1.82, 2.24) is 0 Å². The van der Waals surface area contributed by atoms with Gasteiger partial charge in [0.25, 0.3) is 11.8 Å². The van der Waals surface area contributed by atoms with E-state index in [-0.39, 0.29) is 11.8 Å². The normalized spacial score (nSPS) is 14.2. The molecule has 0 saturated heterocycles. The van der Waals surface area contributed by atoms with Gasteiger partial charge >= 0.3 is 0 Å². The molecule has 0 saturated carbocycles. The van der Waals surface area contributed by atoms with Crippen LogP contribution in [0.2, 0.25) is 0 Å². The lowest BCUT2D eigenvalue weighted by Crippen LogP contribution is -2.32. The van der Waals surface area contributed by atoms with E-state index in [0.717, 1.165) is 20.6 Å². The van der Waals surface area contributed by atoms with Crippen molar-refractivity contribution in [2.24, 2.45) is 0 Å². The van der Waals surface area contributed by atoms with Crippen LogP contribution < -0.4 is 10.2 Å². The Bertz CT molecular complexity index is 1060. The molecule has 1 aliphatic heterocycles. The largest absolute Gasteiger partial charge is 0.350 e. The van der Waals surface area contributed by atoms with Crippen LogP contribution in [0.3, 0.4) is 0 Å². The quantitative estimate of drug-likeness (QED) is 0.568. The number of halogens is 1. The maximum absolute atomic E-state index is 13.2. The molecule has 0 atom stereocenters. The smallest absolute Gasteiger partial charge is 0.282 e. The van der Waals surface area contributed by atoms with E-state index in [4.69, 9.17) is 0 Å². The Hall–Kier alpha value is -2.70. The summed E-state index contributed by atoms with van der Waals surface area (Å²) in [5, 5.41) is 5.07. The van der Waals surface area contributed by atoms with Gasteiger partial charge in [0.2, 0.25) is 0 Å². The molecular formula is C21H15BrN2O2S. The average Bonchev–Trinajstić information content (AvgIpc) is 3.24. The fourth-order valence-corrected chi connectivity index (χ4v) is 4.02. The van der Waals surface area contributed by atoms with Crippen molar-refractivity contribution in [3.05, 3.63) is 86.7 Å². The van der Waals surface area contributed by atoms with E-state index >= 15 is 0 Å². The number of carbonyl (C=O) groups excluding carboxylic acids is 2. The van der Waals surface area contributed by atoms with E-state index in [0.29, 0.717) is 17.0 Å². The first kappa shape index (κ1) is 17.7. The number of nitrogens with zero attached hydrogens (tertiary/aromatic N) is 1. The highest BCUT2D eigenvalue weighted by molar-refractivity contribution is 9.10. The topological polar surface area (TPSA) is 49.4 Å². The molecule has 0 aliphatic carbocycles. The fourth-order valence-electron chi connectivity index (χ4n) is 2.99. The molecule has 134 valence electrons. The number of benzene rings is 2. The van der Waals surface area contributed by atoms with Crippen LogP contribution in [0.25, 0.3) is 5.57 Å². The summed E-state index contributed by atoms with van der Waals surface area (Å²) in [6, 6.07) is 18.6. The second kappa shape index (κ2) is 7.13. The number of imide groups is 1. The fraction of sp³-hybridized carbons (Fsp3) is 0.0476. The summed E-state index contributed by atoms with van der Waals surface area (Å²) >= 11 is 4.82. The molecule has 6 heteroatoms. The van der Waals surface area contributed by atoms with E-state index in [1.165, 1.54) is 16.2 Å². The predicted octanol–water partition coefficient (Wildman–Crippen LogP) is 5.22. The molecule has 1 N–H and O–H groups in total. The highest BCUT2D eigenvalue weighted by Crippen LogP contribution is 2.35. The summed E-state index contributed by atoms with van der Waals surface area (Å²) in [6.07, 6.45) is 0. The van der Waals surface area contributed by atoms with Crippen molar-refractivity contribution in [3.63, 3.8) is 0 Å². The SMILES string of the molecule is Cc1cccc(NC2=C(c3cccs3)C(=O)N(c3ccc(Br)cc3)C2=O)c1. The molecule has 0 bridgehead atoms. The maximum Gasteiger partial charge on any atom is 0.282 e. The lowest BCUT2D eigenvalue weighted by atomic mass is 10.1. The van der Waals surface area contributed by atoms with E-state index in [9.17, 15) is 9.59 Å². The molecule has 2 amide bonds. The Morgan fingerprint density at radius 3 is 2.41 bits per heavy atom. The standard InChI is InChI=1S/C21H15BrN2O2S/c1-13-4-2-5-15(12-13)23-19-18(17-6-3-11-27-17)20(25)24(21(19)26)16-9-7-14(22)8-10-16/h2-12,23H,1H3. The molecule has 0 spiro atoms. The Morgan fingerprint density at radius 1 is 0.963 bits per heavy atom. The first-order valence-corrected chi connectivity index (χ1v) is 9.98. The highest BCUT2D eigenvalue weighted by Gasteiger charge is 2.40. The second-order valence-corrected chi connectivity index (χ2v) is 8.01. The van der Waals surface area contributed by atoms with Gasteiger partial charge in [-0.05, 0) is 60.3 Å². The van der Waals surface area contributed by atoms with E-state index in [1.807, 2.05) is 60.8 Å². The van der Waals surface area contributed by atoms with Crippen LogP contribution >= 0.6 is 27.3 Å². The van der Waals surface area contributed by atoms with Crippen molar-refractivity contribution < 1.29 is 9.59 Å². The minimum Gasteiger partial charge on any atom is -0.350 e. The third kappa shape index (κ3) is 3.34. The molecule has 4 rings (SSSR count). The molecule has 0 unspecified atom stereocenters. The van der Waals surface area contributed by atoms with Crippen LogP contribution in [0.5, 0.6) is 0 Å². The zero-order chi connectivity index (χ0) is 19.0. The average molecular weight is 439 g/mol. The lowest BCUT2D eigenvalue weighted by molar-refractivity contribution is -0.120. The molecular weight excluding hydrogens is 424 g/mol. The van der Waals surface area contributed by atoms with Crippen LogP contribution in [0, 0.1) is 6.92 Å². The summed E-state index contributed by atoms with van der Waals surface area (Å²) in [7, 11) is 0. The first-order valence-electron chi connectivity index (χ1n) is 8.31. The van der Waals surface area contributed by atoms with Crippen LogP contribution in [0.15, 0.2) is 76.2 Å². The van der Waals surface area contributed by atoms with Gasteiger partial charge in [-0.25, -0.2) is 4.90 Å². The van der Waals surface area contributed by atoms with Gasteiger partial charge in [-0.15, -0.1) is 11.3 Å². The van der Waals surface area contributed by atoms with E-state index in [1.54, 1.807) is 12.1 Å². The van der Waals surface area contributed by atoms with Crippen LogP contribution in [0.4, 0.5) is 11.4 Å². The van der Waals surface area contributed by atoms with Crippen molar-refractivity contribution in [1.29, 1.82) is 0 Å². The Morgan fingerprint density at radius 2 is 1.74 bits per heavy atom. The van der Waals surface area contributed by atoms with Gasteiger partial charge in [-0.1, -0.05) is 34.1 Å². The number of nitrogens with one attached hydrogen (secondary N) is 1. The number of amides is 2. The molecule has 27 heavy (non-hydrogen) atoms. The van der Waals surface area contributed by atoms with Crippen LogP contribution in [0.1, 0.15) is 10.4 Å². The number of hydrogen-bond acceptors (Lipinski definition) is 4. The zero-order valence-electron chi connectivity index (χ0n) is 14.4. The molecule has 1 aliphatic rings. The van der Waals surface area contributed by atoms with E-state index in [2.05, 4.69) is 21.2 Å². The van der Waals surface area contributed by atoms with Gasteiger partial charge < -0.3 is 5.32 Å². The van der Waals surface area contributed by atoms with Gasteiger partial charge in [0, 0.05) is 15.0 Å². The van der Waals surface area contributed by atoms with Gasteiger partial charge in [0.15, 0.2) is 0 Å². The third-order valence-electron chi connectivity index (χ3n) is 4.22. The Labute approximate surface area is 169 Å². The molecule has 0 fully saturated rings. The van der Waals surface area contributed by atoms with Gasteiger partial charge in [0.1, 0.15) is 5.70 Å². The summed E-state index contributed by atoms with van der Waals surface area (Å²) in [4.78, 5) is 28.3. The minimum atomic E-state index is -0.354. The zero-order valence-corrected chi connectivity index (χ0v) is 16.8. The van der Waals surface area contributed by atoms with Crippen molar-refractivity contribution >= 4 is 56.0 Å². The van der Waals surface area contributed by atoms with Crippen LogP contribution in [-0.2, 0) is 9.59 Å². The number of thiophene rings is 1. The molecule has 3 aromatic rings. The number of carbonyl (C=O) groups is 2. The van der Waals surface area contributed by atoms with Crippen molar-refractivity contribution in [3.8, 4) is 0 Å². The molecule has 2 heterocycles. The predicted molar refractivity (Wildman–Crippen MR) is 113 cm³/mol. The van der Waals surface area contributed by atoms with Crippen molar-refractivity contribution in [2.75, 3.05) is 10.2 Å². The molecule has 2 aromatic carbocycles. The molecule has 1 aromatic heterocycles. The summed E-state index contributed by atoms with van der Waals surface area (Å²) < 4.78 is 0.884. The number of anilines is 2. The Balaban J connectivity index is 1.79. The number of rotatable bonds is 4. The maximum atomic E-state index is 13.2. The van der Waals surface area contributed by atoms with Gasteiger partial charge in [-0.2, -0.15) is 0 Å². The van der Waals surface area contributed by atoms with Gasteiger partial charge in [0.05, 0.1) is 11.3 Å².